The Labute approximate surface area is 180 Å². The number of carbonyl (C=O) groups is 2. The van der Waals surface area contributed by atoms with E-state index in [9.17, 15) is 9.59 Å². The number of nitrogens with zero attached hydrogens (tertiary/aromatic N) is 1. The number of carbonyl (C=O) groups excluding carboxylic acids is 2. The molecule has 0 radical (unpaired) electrons. The van der Waals surface area contributed by atoms with Crippen LogP contribution in [0.2, 0.25) is 10.0 Å². The molecule has 2 amide bonds. The van der Waals surface area contributed by atoms with Crippen LogP contribution in [0.1, 0.15) is 47.6 Å². The van der Waals surface area contributed by atoms with Crippen LogP contribution in [0.3, 0.4) is 0 Å². The molecule has 0 aromatic heterocycles. The average molecular weight is 435 g/mol. The molecule has 1 atom stereocenters. The molecule has 2 aromatic carbocycles. The fourth-order valence-corrected chi connectivity index (χ4v) is 4.10. The van der Waals surface area contributed by atoms with E-state index >= 15 is 0 Å². The molecular weight excluding hydrogens is 411 g/mol. The lowest BCUT2D eigenvalue weighted by Crippen LogP contribution is -2.42. The summed E-state index contributed by atoms with van der Waals surface area (Å²) < 4.78 is 5.23. The Morgan fingerprint density at radius 2 is 1.86 bits per heavy atom. The molecule has 29 heavy (non-hydrogen) atoms. The quantitative estimate of drug-likeness (QED) is 0.729. The Morgan fingerprint density at radius 3 is 2.55 bits per heavy atom. The van der Waals surface area contributed by atoms with E-state index in [1.807, 2.05) is 29.2 Å². The van der Waals surface area contributed by atoms with Gasteiger partial charge in [0.25, 0.3) is 5.91 Å². The van der Waals surface area contributed by atoms with Gasteiger partial charge in [-0.05, 0) is 48.7 Å². The van der Waals surface area contributed by atoms with Gasteiger partial charge in [0.05, 0.1) is 30.3 Å². The summed E-state index contributed by atoms with van der Waals surface area (Å²) in [5, 5.41) is 3.40. The lowest BCUT2D eigenvalue weighted by atomic mass is 10.0. The molecule has 1 heterocycles. The predicted molar refractivity (Wildman–Crippen MR) is 115 cm³/mol. The van der Waals surface area contributed by atoms with Crippen LogP contribution >= 0.6 is 23.2 Å². The van der Waals surface area contributed by atoms with Crippen molar-refractivity contribution in [3.63, 3.8) is 0 Å². The smallest absolute Gasteiger partial charge is 0.253 e. The van der Waals surface area contributed by atoms with E-state index in [1.54, 1.807) is 19.2 Å². The van der Waals surface area contributed by atoms with Crippen LogP contribution in [-0.4, -0.2) is 36.9 Å². The molecular formula is C22H24Cl2N2O3. The van der Waals surface area contributed by atoms with E-state index in [0.29, 0.717) is 17.1 Å². The minimum Gasteiger partial charge on any atom is -0.497 e. The van der Waals surface area contributed by atoms with E-state index in [1.165, 1.54) is 6.07 Å². The maximum Gasteiger partial charge on any atom is 0.253 e. The molecule has 0 saturated carbocycles. The zero-order valence-corrected chi connectivity index (χ0v) is 17.8. The zero-order chi connectivity index (χ0) is 20.8. The molecule has 1 saturated heterocycles. The third-order valence-corrected chi connectivity index (χ3v) is 5.70. The number of amides is 2. The highest BCUT2D eigenvalue weighted by atomic mass is 35.5. The van der Waals surface area contributed by atoms with Gasteiger partial charge in [0.15, 0.2) is 0 Å². The molecule has 7 heteroatoms. The highest BCUT2D eigenvalue weighted by molar-refractivity contribution is 6.36. The third-order valence-electron chi connectivity index (χ3n) is 5.15. The number of benzene rings is 2. The van der Waals surface area contributed by atoms with E-state index in [0.717, 1.165) is 37.0 Å². The van der Waals surface area contributed by atoms with Gasteiger partial charge >= 0.3 is 0 Å². The van der Waals surface area contributed by atoms with Gasteiger partial charge in [0, 0.05) is 11.6 Å². The van der Waals surface area contributed by atoms with Gasteiger partial charge in [-0.1, -0.05) is 48.2 Å². The Hall–Kier alpha value is -2.24. The lowest BCUT2D eigenvalue weighted by molar-refractivity contribution is -0.132. The summed E-state index contributed by atoms with van der Waals surface area (Å²) in [5.41, 5.74) is 1.37. The van der Waals surface area contributed by atoms with Crippen molar-refractivity contribution < 1.29 is 14.3 Å². The molecule has 1 unspecified atom stereocenters. The summed E-state index contributed by atoms with van der Waals surface area (Å²) in [6.07, 6.45) is 4.00. The number of halogens is 2. The summed E-state index contributed by atoms with van der Waals surface area (Å²) in [6.45, 7) is 0.595. The number of methoxy groups -OCH3 is 1. The van der Waals surface area contributed by atoms with Crippen molar-refractivity contribution in [3.05, 3.63) is 63.6 Å². The second-order valence-electron chi connectivity index (χ2n) is 7.03. The van der Waals surface area contributed by atoms with Crippen LogP contribution in [0.25, 0.3) is 0 Å². The van der Waals surface area contributed by atoms with Crippen molar-refractivity contribution in [1.29, 1.82) is 0 Å². The molecule has 2 aromatic rings. The van der Waals surface area contributed by atoms with Crippen molar-refractivity contribution in [3.8, 4) is 5.75 Å². The van der Waals surface area contributed by atoms with Crippen LogP contribution in [0, 0.1) is 0 Å². The van der Waals surface area contributed by atoms with Crippen molar-refractivity contribution in [2.45, 2.75) is 31.7 Å². The summed E-state index contributed by atoms with van der Waals surface area (Å²) >= 11 is 12.0. The SMILES string of the molecule is COc1ccc(C2CCCCCN2C(=O)CNC(=O)c2ccc(Cl)cc2Cl)cc1. The molecule has 0 spiro atoms. The Bertz CT molecular complexity index is 871. The maximum absolute atomic E-state index is 13.0. The Balaban J connectivity index is 1.69. The standard InChI is InChI=1S/C22H24Cl2N2O3/c1-29-17-9-6-15(7-10-17)20-5-3-2-4-12-26(20)21(27)14-25-22(28)18-11-8-16(23)13-19(18)24/h6-11,13,20H,2-5,12,14H2,1H3,(H,25,28). The molecule has 1 fully saturated rings. The molecule has 0 bridgehead atoms. The van der Waals surface area contributed by atoms with Crippen LogP contribution in [0.5, 0.6) is 5.75 Å². The fourth-order valence-electron chi connectivity index (χ4n) is 3.61. The minimum absolute atomic E-state index is 0.00747. The van der Waals surface area contributed by atoms with E-state index in [4.69, 9.17) is 27.9 Å². The summed E-state index contributed by atoms with van der Waals surface area (Å²) in [5.74, 6) is 0.286. The topological polar surface area (TPSA) is 58.6 Å². The first kappa shape index (κ1) is 21.5. The van der Waals surface area contributed by atoms with Crippen LogP contribution in [0.15, 0.2) is 42.5 Å². The van der Waals surface area contributed by atoms with Crippen LogP contribution in [0.4, 0.5) is 0 Å². The van der Waals surface area contributed by atoms with Gasteiger partial charge in [0.1, 0.15) is 5.75 Å². The van der Waals surface area contributed by atoms with Gasteiger partial charge in [-0.3, -0.25) is 9.59 Å². The monoisotopic (exact) mass is 434 g/mol. The summed E-state index contributed by atoms with van der Waals surface area (Å²) in [6, 6.07) is 12.5. The number of nitrogens with one attached hydrogen (secondary N) is 1. The van der Waals surface area contributed by atoms with Crippen molar-refractivity contribution in [2.75, 3.05) is 20.2 Å². The first-order valence-corrected chi connectivity index (χ1v) is 10.4. The lowest BCUT2D eigenvalue weighted by Gasteiger charge is -2.30. The molecule has 154 valence electrons. The van der Waals surface area contributed by atoms with Gasteiger partial charge in [-0.25, -0.2) is 0 Å². The molecule has 3 rings (SSSR count). The molecule has 1 N–H and O–H groups in total. The predicted octanol–water partition coefficient (Wildman–Crippen LogP) is 4.88. The molecule has 5 nitrogen and oxygen atoms in total. The molecule has 1 aliphatic rings. The van der Waals surface area contributed by atoms with Crippen LogP contribution in [-0.2, 0) is 4.79 Å². The number of rotatable bonds is 5. The van der Waals surface area contributed by atoms with E-state index < -0.39 is 5.91 Å². The van der Waals surface area contributed by atoms with Gasteiger partial charge in [0.2, 0.25) is 5.91 Å². The third kappa shape index (κ3) is 5.43. The number of ether oxygens (including phenoxy) is 1. The van der Waals surface area contributed by atoms with Crippen molar-refractivity contribution in [2.24, 2.45) is 0 Å². The zero-order valence-electron chi connectivity index (χ0n) is 16.3. The highest BCUT2D eigenvalue weighted by Crippen LogP contribution is 2.31. The first-order valence-electron chi connectivity index (χ1n) is 9.66. The van der Waals surface area contributed by atoms with Crippen molar-refractivity contribution >= 4 is 35.0 Å². The number of hydrogen-bond acceptors (Lipinski definition) is 3. The summed E-state index contributed by atoms with van der Waals surface area (Å²) in [7, 11) is 1.63. The Kier molecular flexibility index (Phi) is 7.40. The van der Waals surface area contributed by atoms with E-state index in [-0.39, 0.29) is 23.5 Å². The van der Waals surface area contributed by atoms with Gasteiger partial charge in [-0.2, -0.15) is 0 Å². The van der Waals surface area contributed by atoms with Gasteiger partial charge in [-0.15, -0.1) is 0 Å². The fraction of sp³-hybridized carbons (Fsp3) is 0.364. The highest BCUT2D eigenvalue weighted by Gasteiger charge is 2.27. The second-order valence-corrected chi connectivity index (χ2v) is 7.88. The molecule has 0 aliphatic carbocycles. The van der Waals surface area contributed by atoms with Gasteiger partial charge < -0.3 is 15.0 Å². The molecule has 1 aliphatic heterocycles. The summed E-state index contributed by atoms with van der Waals surface area (Å²) in [4.78, 5) is 27.3. The average Bonchev–Trinajstić information content (AvgIpc) is 2.98. The normalized spacial score (nSPS) is 16.8. The first-order chi connectivity index (χ1) is 14.0. The number of likely N-dealkylation sites (tertiary alicyclic amines) is 1. The second kappa shape index (κ2) is 9.99. The van der Waals surface area contributed by atoms with E-state index in [2.05, 4.69) is 5.32 Å². The minimum atomic E-state index is -0.393. The van der Waals surface area contributed by atoms with Crippen LogP contribution < -0.4 is 10.1 Å². The maximum atomic E-state index is 13.0. The van der Waals surface area contributed by atoms with Crippen molar-refractivity contribution in [1.82, 2.24) is 10.2 Å². The largest absolute Gasteiger partial charge is 0.497 e. The Morgan fingerprint density at radius 1 is 1.10 bits per heavy atom. The number of hydrogen-bond donors (Lipinski definition) is 1.